The third-order valence-corrected chi connectivity index (χ3v) is 0. The van der Waals surface area contributed by atoms with Gasteiger partial charge in [-0.15, -0.1) is 0 Å². The maximum absolute atomic E-state index is 2.39. The molecule has 0 aromatic carbocycles. The van der Waals surface area contributed by atoms with Crippen LogP contribution in [0.5, 0.6) is 0 Å². The average Bonchev–Trinajstić information content (AvgIpc) is 0.722. The smallest absolute Gasteiger partial charge is 0.0271 e. The third kappa shape index (κ3) is 146. The molecule has 0 nitrogen and oxygen atoms in total. The zero-order valence-electron chi connectivity index (χ0n) is 4.50. The van der Waals surface area contributed by atoms with Gasteiger partial charge in [-0.2, -0.15) is 0 Å². The molecule has 0 aliphatic carbocycles. The molecule has 0 unspecified atom stereocenters. The summed E-state index contributed by atoms with van der Waals surface area (Å²) in [5, 5.41) is 0. The molecule has 0 aromatic heterocycles. The minimum absolute atomic E-state index is 0. The largest absolute Gasteiger partial charge is 0.0722 e. The molecule has 0 aliphatic rings. The van der Waals surface area contributed by atoms with Crippen LogP contribution in [0.15, 0.2) is 0 Å². The highest BCUT2D eigenvalue weighted by Gasteiger charge is 1.99. The van der Waals surface area contributed by atoms with E-state index in [9.17, 15) is 0 Å². The van der Waals surface area contributed by atoms with E-state index in [-0.39, 0.29) is 11.0 Å². The monoisotopic (exact) mass is 136 g/mol. The summed E-state index contributed by atoms with van der Waals surface area (Å²) in [6.07, 6.45) is 0. The molecular formula is C3H16Si3. The van der Waals surface area contributed by atoms with E-state index in [1.54, 1.807) is 0 Å². The van der Waals surface area contributed by atoms with Crippen LogP contribution in [-0.2, 0) is 0 Å². The van der Waals surface area contributed by atoms with Crippen LogP contribution in [-0.4, -0.2) is 28.3 Å². The lowest BCUT2D eigenvalue weighted by Gasteiger charge is -2.01. The van der Waals surface area contributed by atoms with Crippen molar-refractivity contribution < 1.29 is 0 Å². The minimum atomic E-state index is -0.472. The molecule has 40 valence electrons. The lowest BCUT2D eigenvalue weighted by Crippen LogP contribution is -2.18. The summed E-state index contributed by atoms with van der Waals surface area (Å²) in [6.45, 7) is 7.16. The van der Waals surface area contributed by atoms with Crippen molar-refractivity contribution >= 4 is 28.3 Å². The standard InChI is InChI=1S/C3H12Si2.H4Si/c1-5(2,3)4;/h1-4H3;1H4. The summed E-state index contributed by atoms with van der Waals surface area (Å²) >= 11 is 0. The van der Waals surface area contributed by atoms with Gasteiger partial charge in [0.05, 0.1) is 0 Å². The van der Waals surface area contributed by atoms with Crippen molar-refractivity contribution in [3.05, 3.63) is 0 Å². The van der Waals surface area contributed by atoms with E-state index < -0.39 is 7.59 Å². The van der Waals surface area contributed by atoms with Gasteiger partial charge in [0, 0.05) is 7.59 Å². The van der Waals surface area contributed by atoms with Crippen LogP contribution in [0, 0.1) is 0 Å². The van der Waals surface area contributed by atoms with Gasteiger partial charge in [0.2, 0.25) is 0 Å². The fraction of sp³-hybridized carbons (Fsp3) is 1.00. The summed E-state index contributed by atoms with van der Waals surface area (Å²) in [5.74, 6) is 0. The molecule has 0 saturated heterocycles. The molecule has 0 aliphatic heterocycles. The van der Waals surface area contributed by atoms with Crippen LogP contribution < -0.4 is 0 Å². The van der Waals surface area contributed by atoms with Gasteiger partial charge in [-0.05, 0) is 20.7 Å². The molecule has 0 heterocycles. The molecule has 0 fully saturated rings. The van der Waals surface area contributed by atoms with Gasteiger partial charge < -0.3 is 0 Å². The Morgan fingerprint density at radius 1 is 1.17 bits per heavy atom. The van der Waals surface area contributed by atoms with Gasteiger partial charge in [-0.25, -0.2) is 0 Å². The highest BCUT2D eigenvalue weighted by molar-refractivity contribution is 7.15. The minimum Gasteiger partial charge on any atom is -0.0722 e. The summed E-state index contributed by atoms with van der Waals surface area (Å²) < 4.78 is 0. The number of hydrogen-bond acceptors (Lipinski definition) is 0. The Hall–Kier alpha value is 0.651. The molecule has 0 spiro atoms. The highest BCUT2D eigenvalue weighted by atomic mass is 29.2. The molecule has 0 aromatic rings. The second-order valence-electron chi connectivity index (χ2n) is 3.00. The van der Waals surface area contributed by atoms with Gasteiger partial charge >= 0.3 is 0 Å². The first kappa shape index (κ1) is 9.82. The van der Waals surface area contributed by atoms with Crippen LogP contribution >= 0.6 is 0 Å². The van der Waals surface area contributed by atoms with Crippen molar-refractivity contribution in [1.82, 2.24) is 0 Å². The Balaban J connectivity index is 0. The normalized spacial score (nSPS) is 10.5. The van der Waals surface area contributed by atoms with Crippen molar-refractivity contribution in [3.63, 3.8) is 0 Å². The van der Waals surface area contributed by atoms with Crippen LogP contribution in [0.2, 0.25) is 19.6 Å². The molecule has 0 saturated carbocycles. The van der Waals surface area contributed by atoms with Crippen molar-refractivity contribution in [2.45, 2.75) is 19.6 Å². The lowest BCUT2D eigenvalue weighted by atomic mass is 11.8. The molecule has 6 heavy (non-hydrogen) atoms. The molecule has 0 N–H and O–H groups in total. The van der Waals surface area contributed by atoms with E-state index in [1.807, 2.05) is 0 Å². The van der Waals surface area contributed by atoms with E-state index in [2.05, 4.69) is 19.6 Å². The van der Waals surface area contributed by atoms with E-state index in [0.29, 0.717) is 0 Å². The molecule has 0 radical (unpaired) electrons. The molecule has 0 amide bonds. The van der Waals surface area contributed by atoms with E-state index in [4.69, 9.17) is 0 Å². The third-order valence-electron chi connectivity index (χ3n) is 0. The maximum atomic E-state index is 2.39. The predicted molar refractivity (Wildman–Crippen MR) is 44.6 cm³/mol. The first-order chi connectivity index (χ1) is 2.00. The van der Waals surface area contributed by atoms with Crippen LogP contribution in [0.1, 0.15) is 0 Å². The SMILES string of the molecule is C[Si](C)(C)[SiH3].[SiH4]. The van der Waals surface area contributed by atoms with Gasteiger partial charge in [0.25, 0.3) is 0 Å². The first-order valence-corrected chi connectivity index (χ1v) is 9.00. The van der Waals surface area contributed by atoms with E-state index >= 15 is 0 Å². The maximum Gasteiger partial charge on any atom is 0.0271 e. The molecule has 3 heteroatoms. The highest BCUT2D eigenvalue weighted by Crippen LogP contribution is 1.87. The Morgan fingerprint density at radius 2 is 1.17 bits per heavy atom. The van der Waals surface area contributed by atoms with Gasteiger partial charge in [-0.1, -0.05) is 19.6 Å². The Labute approximate surface area is 48.6 Å². The number of hydrogen-bond donors (Lipinski definition) is 0. The van der Waals surface area contributed by atoms with Crippen molar-refractivity contribution in [3.8, 4) is 0 Å². The van der Waals surface area contributed by atoms with E-state index in [1.165, 1.54) is 9.76 Å². The summed E-state index contributed by atoms with van der Waals surface area (Å²) in [6, 6.07) is 0. The van der Waals surface area contributed by atoms with Crippen molar-refractivity contribution in [2.75, 3.05) is 0 Å². The van der Waals surface area contributed by atoms with Gasteiger partial charge in [0.15, 0.2) is 0 Å². The van der Waals surface area contributed by atoms with E-state index in [0.717, 1.165) is 0 Å². The molecule has 0 rings (SSSR count). The van der Waals surface area contributed by atoms with Crippen LogP contribution in [0.4, 0.5) is 0 Å². The molecular weight excluding hydrogens is 120 g/mol. The number of rotatable bonds is 0. The Kier molecular flexibility index (Phi) is 4.52. The summed E-state index contributed by atoms with van der Waals surface area (Å²) in [4.78, 5) is 0. The van der Waals surface area contributed by atoms with Crippen molar-refractivity contribution in [1.29, 1.82) is 0 Å². The fourth-order valence-corrected chi connectivity index (χ4v) is 0. The molecule has 0 bridgehead atoms. The quantitative estimate of drug-likeness (QED) is 0.365. The predicted octanol–water partition coefficient (Wildman–Crippen LogP) is -1.26. The fourth-order valence-electron chi connectivity index (χ4n) is 0. The van der Waals surface area contributed by atoms with Gasteiger partial charge in [0.1, 0.15) is 0 Å². The van der Waals surface area contributed by atoms with Crippen LogP contribution in [0.25, 0.3) is 0 Å². The van der Waals surface area contributed by atoms with Crippen LogP contribution in [0.3, 0.4) is 0 Å². The first-order valence-electron chi connectivity index (χ1n) is 2.00. The zero-order chi connectivity index (χ0) is 4.50. The Morgan fingerprint density at radius 3 is 1.17 bits per heavy atom. The lowest BCUT2D eigenvalue weighted by molar-refractivity contribution is 1.87. The zero-order valence-corrected chi connectivity index (χ0v) is 7.50. The van der Waals surface area contributed by atoms with Gasteiger partial charge in [-0.3, -0.25) is 0 Å². The second kappa shape index (κ2) is 2.76. The summed E-state index contributed by atoms with van der Waals surface area (Å²) in [7, 11) is 0.975. The van der Waals surface area contributed by atoms with Crippen molar-refractivity contribution in [2.24, 2.45) is 0 Å². The summed E-state index contributed by atoms with van der Waals surface area (Å²) in [5.41, 5.74) is 0. The topological polar surface area (TPSA) is 0 Å². The molecule has 0 atom stereocenters. The second-order valence-corrected chi connectivity index (χ2v) is 18.0. The average molecular weight is 136 g/mol. The Bertz CT molecular complexity index is 21.5.